The molecule has 4 nitrogen and oxygen atoms in total. The summed E-state index contributed by atoms with van der Waals surface area (Å²) in [6.45, 7) is 1.62. The molecule has 5 rings (SSSR count). The number of carbonyl (C=O) groups excluding carboxylic acids is 1. The normalized spacial score (nSPS) is 15.6. The van der Waals surface area contributed by atoms with Gasteiger partial charge in [0.15, 0.2) is 0 Å². The minimum absolute atomic E-state index is 0.00427. The van der Waals surface area contributed by atoms with Gasteiger partial charge in [-0.1, -0.05) is 54.6 Å². The van der Waals surface area contributed by atoms with E-state index >= 15 is 0 Å². The van der Waals surface area contributed by atoms with Gasteiger partial charge in [-0.2, -0.15) is 0 Å². The summed E-state index contributed by atoms with van der Waals surface area (Å²) in [5, 5.41) is 0. The van der Waals surface area contributed by atoms with Gasteiger partial charge in [0.25, 0.3) is 0 Å². The molecule has 0 radical (unpaired) electrons. The molecule has 2 heterocycles. The molecule has 0 saturated carbocycles. The van der Waals surface area contributed by atoms with E-state index in [9.17, 15) is 4.79 Å². The van der Waals surface area contributed by atoms with Crippen LogP contribution in [-0.2, 0) is 4.79 Å². The number of amides is 1. The Bertz CT molecular complexity index is 1130. The van der Waals surface area contributed by atoms with E-state index in [0.717, 1.165) is 33.8 Å². The van der Waals surface area contributed by atoms with Gasteiger partial charge < -0.3 is 0 Å². The van der Waals surface area contributed by atoms with Gasteiger partial charge in [0.2, 0.25) is 5.91 Å². The summed E-state index contributed by atoms with van der Waals surface area (Å²) in [5.41, 5.74) is 4.93. The molecule has 0 saturated heterocycles. The Labute approximate surface area is 151 Å². The van der Waals surface area contributed by atoms with Crippen molar-refractivity contribution in [3.05, 3.63) is 90.3 Å². The zero-order valence-corrected chi connectivity index (χ0v) is 14.3. The summed E-state index contributed by atoms with van der Waals surface area (Å²) in [5.74, 6) is 0.871. The molecule has 26 heavy (non-hydrogen) atoms. The fourth-order valence-corrected chi connectivity index (χ4v) is 3.88. The zero-order chi connectivity index (χ0) is 17.7. The summed E-state index contributed by atoms with van der Waals surface area (Å²) in [6, 6.07) is 26.0. The summed E-state index contributed by atoms with van der Waals surface area (Å²) in [6.07, 6.45) is 0. The number of aromatic nitrogens is 2. The smallest absolute Gasteiger partial charge is 0.224 e. The van der Waals surface area contributed by atoms with E-state index in [-0.39, 0.29) is 11.9 Å². The first-order valence-corrected chi connectivity index (χ1v) is 8.67. The summed E-state index contributed by atoms with van der Waals surface area (Å²) >= 11 is 0. The second-order valence-corrected chi connectivity index (χ2v) is 6.49. The number of fused-ring (bicyclic) bond motifs is 5. The average Bonchev–Trinajstić information content (AvgIpc) is 3.07. The van der Waals surface area contributed by atoms with Gasteiger partial charge in [-0.25, -0.2) is 4.98 Å². The van der Waals surface area contributed by atoms with Gasteiger partial charge in [-0.3, -0.25) is 14.3 Å². The van der Waals surface area contributed by atoms with E-state index < -0.39 is 0 Å². The van der Waals surface area contributed by atoms with Crippen LogP contribution in [0, 0.1) is 0 Å². The molecule has 1 atom stereocenters. The van der Waals surface area contributed by atoms with Crippen LogP contribution in [0.25, 0.3) is 16.7 Å². The summed E-state index contributed by atoms with van der Waals surface area (Å²) < 4.78 is 2.18. The average molecular weight is 339 g/mol. The number of carbonyl (C=O) groups is 1. The first-order chi connectivity index (χ1) is 12.8. The first kappa shape index (κ1) is 14.9. The predicted molar refractivity (Wildman–Crippen MR) is 103 cm³/mol. The van der Waals surface area contributed by atoms with Crippen molar-refractivity contribution < 1.29 is 4.79 Å². The number of nitrogens with zero attached hydrogens (tertiary/aromatic N) is 3. The maximum atomic E-state index is 12.7. The number of rotatable bonds is 1. The molecule has 126 valence electrons. The van der Waals surface area contributed by atoms with Crippen LogP contribution in [0.15, 0.2) is 78.9 Å². The molecule has 1 aliphatic rings. The number of benzene rings is 3. The Morgan fingerprint density at radius 2 is 1.50 bits per heavy atom. The molecule has 1 aliphatic heterocycles. The summed E-state index contributed by atoms with van der Waals surface area (Å²) in [4.78, 5) is 19.4. The number of para-hydroxylation sites is 4. The highest BCUT2D eigenvalue weighted by atomic mass is 16.2. The van der Waals surface area contributed by atoms with E-state index in [0.29, 0.717) is 0 Å². The van der Waals surface area contributed by atoms with Gasteiger partial charge in [-0.05, 0) is 29.8 Å². The lowest BCUT2D eigenvalue weighted by Crippen LogP contribution is -2.39. The van der Waals surface area contributed by atoms with E-state index in [2.05, 4.69) is 22.8 Å². The molecule has 4 heteroatoms. The van der Waals surface area contributed by atoms with Crippen molar-refractivity contribution in [1.82, 2.24) is 9.55 Å². The Kier molecular flexibility index (Phi) is 3.19. The van der Waals surface area contributed by atoms with Crippen LogP contribution in [0.4, 0.5) is 5.69 Å². The molecular formula is C22H17N3O. The largest absolute Gasteiger partial charge is 0.296 e. The van der Waals surface area contributed by atoms with Crippen LogP contribution in [0.3, 0.4) is 0 Å². The number of hydrogen-bond donors (Lipinski definition) is 0. The second kappa shape index (κ2) is 5.56. The minimum Gasteiger partial charge on any atom is -0.296 e. The molecule has 0 bridgehead atoms. The highest BCUT2D eigenvalue weighted by Crippen LogP contribution is 2.43. The number of hydrogen-bond acceptors (Lipinski definition) is 2. The predicted octanol–water partition coefficient (Wildman–Crippen LogP) is 4.48. The molecule has 0 aliphatic carbocycles. The molecule has 0 N–H and O–H groups in total. The van der Waals surface area contributed by atoms with Crippen molar-refractivity contribution in [2.24, 2.45) is 0 Å². The minimum atomic E-state index is -0.254. The fourth-order valence-electron chi connectivity index (χ4n) is 3.88. The zero-order valence-electron chi connectivity index (χ0n) is 14.3. The van der Waals surface area contributed by atoms with Gasteiger partial charge >= 0.3 is 0 Å². The van der Waals surface area contributed by atoms with Crippen molar-refractivity contribution in [3.63, 3.8) is 0 Å². The first-order valence-electron chi connectivity index (χ1n) is 8.67. The third-order valence-electron chi connectivity index (χ3n) is 4.93. The topological polar surface area (TPSA) is 38.1 Å². The Morgan fingerprint density at radius 1 is 0.846 bits per heavy atom. The van der Waals surface area contributed by atoms with E-state index in [1.54, 1.807) is 6.92 Å². The number of imidazole rings is 1. The second-order valence-electron chi connectivity index (χ2n) is 6.49. The van der Waals surface area contributed by atoms with Crippen LogP contribution >= 0.6 is 0 Å². The lowest BCUT2D eigenvalue weighted by atomic mass is 10.00. The molecule has 4 aromatic rings. The fraction of sp³-hybridized carbons (Fsp3) is 0.0909. The molecular weight excluding hydrogens is 322 g/mol. The van der Waals surface area contributed by atoms with Crippen molar-refractivity contribution >= 4 is 22.6 Å². The Morgan fingerprint density at radius 3 is 2.27 bits per heavy atom. The quantitative estimate of drug-likeness (QED) is 0.513. The van der Waals surface area contributed by atoms with Crippen LogP contribution < -0.4 is 4.90 Å². The van der Waals surface area contributed by atoms with Crippen LogP contribution in [-0.4, -0.2) is 15.5 Å². The molecule has 0 spiro atoms. The molecule has 1 unspecified atom stereocenters. The Hall–Kier alpha value is -3.40. The van der Waals surface area contributed by atoms with Gasteiger partial charge in [0, 0.05) is 6.92 Å². The van der Waals surface area contributed by atoms with Crippen molar-refractivity contribution in [1.29, 1.82) is 0 Å². The standard InChI is InChI=1S/C22H17N3O/c1-15(26)24-19-13-7-8-14-20(19)25-18-12-6-5-11-17(18)23-22(25)21(24)16-9-3-2-4-10-16/h2-14,21H,1H3. The maximum absolute atomic E-state index is 12.7. The molecule has 1 amide bonds. The van der Waals surface area contributed by atoms with Crippen molar-refractivity contribution in [2.45, 2.75) is 13.0 Å². The summed E-state index contributed by atoms with van der Waals surface area (Å²) in [7, 11) is 0. The van der Waals surface area contributed by atoms with Crippen molar-refractivity contribution in [2.75, 3.05) is 4.90 Å². The lowest BCUT2D eigenvalue weighted by Gasteiger charge is -2.37. The highest BCUT2D eigenvalue weighted by Gasteiger charge is 2.36. The van der Waals surface area contributed by atoms with Gasteiger partial charge in [-0.15, -0.1) is 0 Å². The van der Waals surface area contributed by atoms with Gasteiger partial charge in [0.05, 0.1) is 22.4 Å². The third kappa shape index (κ3) is 2.02. The van der Waals surface area contributed by atoms with Crippen molar-refractivity contribution in [3.8, 4) is 5.69 Å². The van der Waals surface area contributed by atoms with E-state index in [1.165, 1.54) is 0 Å². The molecule has 3 aromatic carbocycles. The van der Waals surface area contributed by atoms with E-state index in [1.807, 2.05) is 65.6 Å². The number of anilines is 1. The van der Waals surface area contributed by atoms with E-state index in [4.69, 9.17) is 4.98 Å². The van der Waals surface area contributed by atoms with Crippen LogP contribution in [0.5, 0.6) is 0 Å². The highest BCUT2D eigenvalue weighted by molar-refractivity contribution is 5.97. The molecule has 0 fully saturated rings. The van der Waals surface area contributed by atoms with Crippen LogP contribution in [0.2, 0.25) is 0 Å². The Balaban J connectivity index is 1.90. The maximum Gasteiger partial charge on any atom is 0.224 e. The third-order valence-corrected chi connectivity index (χ3v) is 4.93. The van der Waals surface area contributed by atoms with Gasteiger partial charge in [0.1, 0.15) is 11.9 Å². The lowest BCUT2D eigenvalue weighted by molar-refractivity contribution is -0.117. The SMILES string of the molecule is CC(=O)N1c2ccccc2-n2c(nc3ccccc32)C1c1ccccc1. The monoisotopic (exact) mass is 339 g/mol. The van der Waals surface area contributed by atoms with Crippen LogP contribution in [0.1, 0.15) is 24.4 Å². The molecule has 1 aromatic heterocycles.